The summed E-state index contributed by atoms with van der Waals surface area (Å²) in [5, 5.41) is 0. The molecule has 1 aliphatic rings. The smallest absolute Gasteiger partial charge is 0.233 e. The second kappa shape index (κ2) is 7.12. The van der Waals surface area contributed by atoms with E-state index >= 15 is 0 Å². The summed E-state index contributed by atoms with van der Waals surface area (Å²) in [5.41, 5.74) is 4.12. The third kappa shape index (κ3) is 3.08. The van der Waals surface area contributed by atoms with Crippen molar-refractivity contribution in [3.8, 4) is 16.9 Å². The largest absolute Gasteiger partial charge is 0.496 e. The highest BCUT2D eigenvalue weighted by Crippen LogP contribution is 2.37. The molecule has 1 amide bonds. The third-order valence-electron chi connectivity index (χ3n) is 4.77. The molecule has 0 atom stereocenters. The number of benzene rings is 2. The molecular weight excluding hydrogens is 357 g/mol. The number of aromatic nitrogens is 1. The standard InChI is InChI=1S/C22H16FN3O2/c1-24-18-6-4-3-5-14(18)13-26-20-9-15(12-25-19(20)11-22(26)27)17-8-7-16(23)10-21(17)28-2/h3-10,12H,11,13H2,2H3. The molecule has 3 aromatic rings. The average molecular weight is 373 g/mol. The molecule has 1 aromatic heterocycles. The molecule has 0 saturated heterocycles. The first-order chi connectivity index (χ1) is 13.6. The minimum atomic E-state index is -0.387. The number of para-hydroxylation sites is 1. The molecule has 0 aliphatic carbocycles. The Morgan fingerprint density at radius 2 is 2.07 bits per heavy atom. The van der Waals surface area contributed by atoms with E-state index in [0.717, 1.165) is 11.1 Å². The summed E-state index contributed by atoms with van der Waals surface area (Å²) >= 11 is 0. The van der Waals surface area contributed by atoms with Crippen molar-refractivity contribution >= 4 is 17.3 Å². The number of methoxy groups -OCH3 is 1. The zero-order valence-corrected chi connectivity index (χ0v) is 15.1. The lowest BCUT2D eigenvalue weighted by molar-refractivity contribution is -0.117. The van der Waals surface area contributed by atoms with Gasteiger partial charge in [0.05, 0.1) is 31.5 Å². The first-order valence-electron chi connectivity index (χ1n) is 8.69. The summed E-state index contributed by atoms with van der Waals surface area (Å²) in [4.78, 5) is 22.2. The van der Waals surface area contributed by atoms with E-state index in [1.54, 1.807) is 29.3 Å². The van der Waals surface area contributed by atoms with Crippen LogP contribution in [-0.4, -0.2) is 18.0 Å². The monoisotopic (exact) mass is 373 g/mol. The van der Waals surface area contributed by atoms with Gasteiger partial charge in [-0.05, 0) is 23.8 Å². The average Bonchev–Trinajstić information content (AvgIpc) is 3.02. The maximum absolute atomic E-state index is 13.5. The molecule has 0 saturated carbocycles. The first kappa shape index (κ1) is 17.7. The predicted octanol–water partition coefficient (Wildman–Crippen LogP) is 4.54. The second-order valence-electron chi connectivity index (χ2n) is 6.43. The van der Waals surface area contributed by atoms with Gasteiger partial charge in [0.2, 0.25) is 5.91 Å². The number of anilines is 1. The Morgan fingerprint density at radius 3 is 2.86 bits per heavy atom. The Morgan fingerprint density at radius 1 is 1.25 bits per heavy atom. The lowest BCUT2D eigenvalue weighted by atomic mass is 10.0. The number of rotatable bonds is 4. The predicted molar refractivity (Wildman–Crippen MR) is 104 cm³/mol. The van der Waals surface area contributed by atoms with Crippen LogP contribution in [0.4, 0.5) is 15.8 Å². The van der Waals surface area contributed by atoms with Crippen LogP contribution in [0.3, 0.4) is 0 Å². The van der Waals surface area contributed by atoms with E-state index in [-0.39, 0.29) is 18.1 Å². The molecule has 138 valence electrons. The highest BCUT2D eigenvalue weighted by molar-refractivity contribution is 6.01. The van der Waals surface area contributed by atoms with Gasteiger partial charge in [0.1, 0.15) is 11.6 Å². The molecule has 0 bridgehead atoms. The van der Waals surface area contributed by atoms with Gasteiger partial charge in [-0.2, -0.15) is 0 Å². The lowest BCUT2D eigenvalue weighted by Crippen LogP contribution is -2.26. The number of carbonyl (C=O) groups is 1. The number of hydrogen-bond acceptors (Lipinski definition) is 3. The Kier molecular flexibility index (Phi) is 4.50. The molecule has 0 fully saturated rings. The van der Waals surface area contributed by atoms with E-state index < -0.39 is 0 Å². The van der Waals surface area contributed by atoms with E-state index in [0.29, 0.717) is 34.9 Å². The Hall–Kier alpha value is -3.72. The molecule has 2 heterocycles. The molecule has 0 radical (unpaired) electrons. The Bertz CT molecular complexity index is 1120. The topological polar surface area (TPSA) is 46.8 Å². The van der Waals surface area contributed by atoms with Crippen LogP contribution < -0.4 is 9.64 Å². The number of carbonyl (C=O) groups excluding carboxylic acids is 1. The normalized spacial score (nSPS) is 12.6. The minimum Gasteiger partial charge on any atom is -0.496 e. The zero-order valence-electron chi connectivity index (χ0n) is 15.1. The van der Waals surface area contributed by atoms with Crippen molar-refractivity contribution in [2.45, 2.75) is 13.0 Å². The summed E-state index contributed by atoms with van der Waals surface area (Å²) in [6, 6.07) is 13.4. The summed E-state index contributed by atoms with van der Waals surface area (Å²) in [6.45, 7) is 7.63. The number of ether oxygens (including phenoxy) is 1. The van der Waals surface area contributed by atoms with Crippen molar-refractivity contribution in [2.75, 3.05) is 12.0 Å². The SMILES string of the molecule is [C-]#[N+]c1ccccc1CN1C(=O)Cc2ncc(-c3ccc(F)cc3OC)cc21. The van der Waals surface area contributed by atoms with E-state index in [1.807, 2.05) is 18.2 Å². The minimum absolute atomic E-state index is 0.0643. The van der Waals surface area contributed by atoms with E-state index in [9.17, 15) is 9.18 Å². The summed E-state index contributed by atoms with van der Waals surface area (Å²) < 4.78 is 18.8. The second-order valence-corrected chi connectivity index (χ2v) is 6.43. The first-order valence-corrected chi connectivity index (χ1v) is 8.69. The lowest BCUT2D eigenvalue weighted by Gasteiger charge is -2.19. The molecule has 0 N–H and O–H groups in total. The maximum Gasteiger partial charge on any atom is 0.233 e. The molecule has 1 aliphatic heterocycles. The quantitative estimate of drug-likeness (QED) is 0.631. The van der Waals surface area contributed by atoms with Gasteiger partial charge < -0.3 is 9.64 Å². The molecule has 2 aromatic carbocycles. The van der Waals surface area contributed by atoms with Crippen molar-refractivity contribution < 1.29 is 13.9 Å². The number of hydrogen-bond donors (Lipinski definition) is 0. The highest BCUT2D eigenvalue weighted by Gasteiger charge is 2.29. The van der Waals surface area contributed by atoms with Gasteiger partial charge in [-0.15, -0.1) is 0 Å². The van der Waals surface area contributed by atoms with Gasteiger partial charge >= 0.3 is 0 Å². The van der Waals surface area contributed by atoms with Crippen LogP contribution in [0, 0.1) is 12.4 Å². The number of halogens is 1. The molecule has 0 spiro atoms. The molecule has 5 nitrogen and oxygen atoms in total. The maximum atomic E-state index is 13.5. The fourth-order valence-corrected chi connectivity index (χ4v) is 3.37. The van der Waals surface area contributed by atoms with Crippen LogP contribution in [0.5, 0.6) is 5.75 Å². The van der Waals surface area contributed by atoms with Gasteiger partial charge in [-0.1, -0.05) is 24.3 Å². The Labute approximate surface area is 161 Å². The summed E-state index contributed by atoms with van der Waals surface area (Å²) in [6.07, 6.45) is 1.88. The molecule has 0 unspecified atom stereocenters. The van der Waals surface area contributed by atoms with Crippen LogP contribution in [-0.2, 0) is 17.8 Å². The Balaban J connectivity index is 1.75. The van der Waals surface area contributed by atoms with Crippen molar-refractivity contribution in [2.24, 2.45) is 0 Å². The molecule has 28 heavy (non-hydrogen) atoms. The summed E-state index contributed by atoms with van der Waals surface area (Å²) in [7, 11) is 1.48. The fraction of sp³-hybridized carbons (Fsp3) is 0.136. The van der Waals surface area contributed by atoms with E-state index in [1.165, 1.54) is 19.2 Å². The number of fused-ring (bicyclic) bond motifs is 1. The number of nitrogens with zero attached hydrogens (tertiary/aromatic N) is 3. The zero-order chi connectivity index (χ0) is 19.7. The number of pyridine rings is 1. The van der Waals surface area contributed by atoms with E-state index in [4.69, 9.17) is 11.3 Å². The van der Waals surface area contributed by atoms with Crippen LogP contribution in [0.1, 0.15) is 11.3 Å². The highest BCUT2D eigenvalue weighted by atomic mass is 19.1. The van der Waals surface area contributed by atoms with E-state index in [2.05, 4.69) is 9.83 Å². The van der Waals surface area contributed by atoms with Crippen LogP contribution in [0.15, 0.2) is 54.7 Å². The molecule has 4 rings (SSSR count). The van der Waals surface area contributed by atoms with Gasteiger partial charge in [0.15, 0.2) is 5.69 Å². The van der Waals surface area contributed by atoms with Crippen molar-refractivity contribution in [1.82, 2.24) is 4.98 Å². The van der Waals surface area contributed by atoms with Crippen LogP contribution >= 0.6 is 0 Å². The van der Waals surface area contributed by atoms with Gasteiger partial charge in [0.25, 0.3) is 0 Å². The third-order valence-corrected chi connectivity index (χ3v) is 4.77. The van der Waals surface area contributed by atoms with Crippen LogP contribution in [0.25, 0.3) is 16.0 Å². The molecular formula is C22H16FN3O2. The van der Waals surface area contributed by atoms with Crippen molar-refractivity contribution in [1.29, 1.82) is 0 Å². The summed E-state index contributed by atoms with van der Waals surface area (Å²) in [5.74, 6) is -0.0521. The fourth-order valence-electron chi connectivity index (χ4n) is 3.37. The molecule has 6 heteroatoms. The van der Waals surface area contributed by atoms with Gasteiger partial charge in [0, 0.05) is 29.9 Å². The van der Waals surface area contributed by atoms with Gasteiger partial charge in [-0.25, -0.2) is 9.24 Å². The van der Waals surface area contributed by atoms with Crippen LogP contribution in [0.2, 0.25) is 0 Å². The number of amides is 1. The van der Waals surface area contributed by atoms with Gasteiger partial charge in [-0.3, -0.25) is 9.78 Å². The van der Waals surface area contributed by atoms with Crippen molar-refractivity contribution in [3.63, 3.8) is 0 Å². The van der Waals surface area contributed by atoms with Crippen molar-refractivity contribution in [3.05, 3.63) is 83.2 Å².